The second-order valence-electron chi connectivity index (χ2n) is 6.36. The van der Waals surface area contributed by atoms with Crippen molar-refractivity contribution in [1.29, 1.82) is 0 Å². The molecule has 4 rings (SSSR count). The molecule has 0 radical (unpaired) electrons. The number of carbonyl (C=O) groups is 1. The lowest BCUT2D eigenvalue weighted by atomic mass is 10.1. The fraction of sp³-hybridized carbons (Fsp3) is 0.250. The molecule has 0 aliphatic carbocycles. The summed E-state index contributed by atoms with van der Waals surface area (Å²) in [5.41, 5.74) is 5.38. The van der Waals surface area contributed by atoms with E-state index in [4.69, 9.17) is 9.47 Å². The number of hydrogen-bond donors (Lipinski definition) is 1. The highest BCUT2D eigenvalue weighted by Crippen LogP contribution is 2.35. The van der Waals surface area contributed by atoms with E-state index in [2.05, 4.69) is 15.3 Å². The topological polar surface area (TPSA) is 73.3 Å². The first-order valence-electron chi connectivity index (χ1n) is 8.48. The third-order valence-electron chi connectivity index (χ3n) is 4.47. The van der Waals surface area contributed by atoms with Crippen molar-refractivity contribution in [2.75, 3.05) is 18.5 Å². The number of nitrogens with one attached hydrogen (secondary N) is 1. The van der Waals surface area contributed by atoms with Crippen LogP contribution < -0.4 is 14.8 Å². The Morgan fingerprint density at radius 1 is 0.923 bits per heavy atom. The average Bonchev–Trinajstić information content (AvgIpc) is 2.63. The van der Waals surface area contributed by atoms with Gasteiger partial charge in [-0.1, -0.05) is 0 Å². The fourth-order valence-electron chi connectivity index (χ4n) is 2.89. The maximum absolute atomic E-state index is 12.7. The molecule has 0 fully saturated rings. The summed E-state index contributed by atoms with van der Waals surface area (Å²) in [6.07, 6.45) is 0. The minimum absolute atomic E-state index is 0.202. The molecule has 0 saturated carbocycles. The SMILES string of the molecule is Cc1cc2c(cc1NC(=O)c1ccc3nc(C)c(C)nc3c1)OCCO2. The first-order chi connectivity index (χ1) is 12.5. The zero-order valence-corrected chi connectivity index (χ0v) is 14.9. The van der Waals surface area contributed by atoms with Crippen LogP contribution in [-0.4, -0.2) is 29.1 Å². The van der Waals surface area contributed by atoms with Crippen molar-refractivity contribution >= 4 is 22.6 Å². The smallest absolute Gasteiger partial charge is 0.255 e. The van der Waals surface area contributed by atoms with E-state index < -0.39 is 0 Å². The molecule has 0 bridgehead atoms. The number of amides is 1. The van der Waals surface area contributed by atoms with Gasteiger partial charge in [0.25, 0.3) is 5.91 Å². The van der Waals surface area contributed by atoms with Crippen LogP contribution in [-0.2, 0) is 0 Å². The van der Waals surface area contributed by atoms with Gasteiger partial charge >= 0.3 is 0 Å². The maximum atomic E-state index is 12.7. The normalized spacial score (nSPS) is 12.9. The van der Waals surface area contributed by atoms with Gasteiger partial charge in [-0.2, -0.15) is 0 Å². The second-order valence-corrected chi connectivity index (χ2v) is 6.36. The minimum atomic E-state index is -0.202. The molecule has 0 spiro atoms. The van der Waals surface area contributed by atoms with Gasteiger partial charge in [0, 0.05) is 17.3 Å². The second kappa shape index (κ2) is 6.29. The van der Waals surface area contributed by atoms with E-state index in [0.29, 0.717) is 41.5 Å². The van der Waals surface area contributed by atoms with Gasteiger partial charge in [-0.25, -0.2) is 9.97 Å². The quantitative estimate of drug-likeness (QED) is 0.765. The maximum Gasteiger partial charge on any atom is 0.255 e. The standard InChI is InChI=1S/C20H19N3O3/c1-11-8-18-19(26-7-6-25-18)10-16(11)23-20(24)14-4-5-15-17(9-14)22-13(3)12(2)21-15/h4-5,8-10H,6-7H2,1-3H3,(H,23,24). The van der Waals surface area contributed by atoms with Crippen molar-refractivity contribution in [3.05, 3.63) is 52.8 Å². The Labute approximate surface area is 151 Å². The van der Waals surface area contributed by atoms with Crippen molar-refractivity contribution in [3.63, 3.8) is 0 Å². The molecule has 0 atom stereocenters. The molecule has 0 saturated heterocycles. The van der Waals surface area contributed by atoms with Crippen molar-refractivity contribution in [3.8, 4) is 11.5 Å². The number of rotatable bonds is 2. The lowest BCUT2D eigenvalue weighted by Crippen LogP contribution is -2.17. The summed E-state index contributed by atoms with van der Waals surface area (Å²) >= 11 is 0. The molecule has 1 N–H and O–H groups in total. The first kappa shape index (κ1) is 16.3. The number of anilines is 1. The van der Waals surface area contributed by atoms with Crippen molar-refractivity contribution < 1.29 is 14.3 Å². The molecular weight excluding hydrogens is 330 g/mol. The Morgan fingerprint density at radius 2 is 1.58 bits per heavy atom. The Kier molecular flexibility index (Phi) is 3.95. The molecule has 0 unspecified atom stereocenters. The summed E-state index contributed by atoms with van der Waals surface area (Å²) in [5, 5.41) is 2.94. The molecular formula is C20H19N3O3. The Balaban J connectivity index is 1.64. The summed E-state index contributed by atoms with van der Waals surface area (Å²) in [7, 11) is 0. The van der Waals surface area contributed by atoms with Gasteiger partial charge in [-0.05, 0) is 50.6 Å². The molecule has 26 heavy (non-hydrogen) atoms. The molecule has 1 aliphatic rings. The highest BCUT2D eigenvalue weighted by molar-refractivity contribution is 6.06. The van der Waals surface area contributed by atoms with Crippen LogP contribution >= 0.6 is 0 Å². The van der Waals surface area contributed by atoms with Crippen LogP contribution in [0.3, 0.4) is 0 Å². The van der Waals surface area contributed by atoms with Crippen molar-refractivity contribution in [2.45, 2.75) is 20.8 Å². The Hall–Kier alpha value is -3.15. The van der Waals surface area contributed by atoms with Crippen LogP contribution in [0.4, 0.5) is 5.69 Å². The number of benzene rings is 2. The summed E-state index contributed by atoms with van der Waals surface area (Å²) in [6, 6.07) is 9.02. The van der Waals surface area contributed by atoms with Crippen LogP contribution in [0.1, 0.15) is 27.3 Å². The lowest BCUT2D eigenvalue weighted by molar-refractivity contribution is 0.102. The highest BCUT2D eigenvalue weighted by Gasteiger charge is 2.16. The predicted octanol–water partition coefficient (Wildman–Crippen LogP) is 3.58. The van der Waals surface area contributed by atoms with Gasteiger partial charge in [0.15, 0.2) is 11.5 Å². The molecule has 3 aromatic rings. The fourth-order valence-corrected chi connectivity index (χ4v) is 2.89. The number of aryl methyl sites for hydroxylation is 3. The van der Waals surface area contributed by atoms with E-state index in [1.807, 2.05) is 32.9 Å². The molecule has 1 aliphatic heterocycles. The van der Waals surface area contributed by atoms with Crippen LogP contribution in [0.25, 0.3) is 11.0 Å². The number of ether oxygens (including phenoxy) is 2. The molecule has 132 valence electrons. The van der Waals surface area contributed by atoms with Crippen LogP contribution in [0.15, 0.2) is 30.3 Å². The van der Waals surface area contributed by atoms with Gasteiger partial charge in [0.2, 0.25) is 0 Å². The van der Waals surface area contributed by atoms with Crippen molar-refractivity contribution in [2.24, 2.45) is 0 Å². The van der Waals surface area contributed by atoms with E-state index in [-0.39, 0.29) is 5.91 Å². The van der Waals surface area contributed by atoms with Crippen LogP contribution in [0.5, 0.6) is 11.5 Å². The highest BCUT2D eigenvalue weighted by atomic mass is 16.6. The zero-order chi connectivity index (χ0) is 18.3. The van der Waals surface area contributed by atoms with Crippen LogP contribution in [0, 0.1) is 20.8 Å². The summed E-state index contributed by atoms with van der Waals surface area (Å²) in [5.74, 6) is 1.15. The average molecular weight is 349 g/mol. The molecule has 2 heterocycles. The number of nitrogens with zero attached hydrogens (tertiary/aromatic N) is 2. The third-order valence-corrected chi connectivity index (χ3v) is 4.47. The van der Waals surface area contributed by atoms with E-state index >= 15 is 0 Å². The number of fused-ring (bicyclic) bond motifs is 2. The van der Waals surface area contributed by atoms with E-state index in [0.717, 1.165) is 22.5 Å². The lowest BCUT2D eigenvalue weighted by Gasteiger charge is -2.20. The summed E-state index contributed by atoms with van der Waals surface area (Å²) in [4.78, 5) is 21.7. The summed E-state index contributed by atoms with van der Waals surface area (Å²) in [6.45, 7) is 6.80. The third kappa shape index (κ3) is 2.94. The zero-order valence-electron chi connectivity index (χ0n) is 14.9. The Bertz CT molecular complexity index is 1030. The van der Waals surface area contributed by atoms with Gasteiger partial charge in [0.1, 0.15) is 13.2 Å². The molecule has 1 amide bonds. The van der Waals surface area contributed by atoms with E-state index in [1.165, 1.54) is 0 Å². The van der Waals surface area contributed by atoms with E-state index in [9.17, 15) is 4.79 Å². The van der Waals surface area contributed by atoms with Gasteiger partial charge in [0.05, 0.1) is 22.4 Å². The molecule has 2 aromatic carbocycles. The summed E-state index contributed by atoms with van der Waals surface area (Å²) < 4.78 is 11.2. The van der Waals surface area contributed by atoms with Gasteiger partial charge in [-0.3, -0.25) is 4.79 Å². The first-order valence-corrected chi connectivity index (χ1v) is 8.48. The number of hydrogen-bond acceptors (Lipinski definition) is 5. The van der Waals surface area contributed by atoms with Crippen LogP contribution in [0.2, 0.25) is 0 Å². The van der Waals surface area contributed by atoms with Gasteiger partial charge in [-0.15, -0.1) is 0 Å². The Morgan fingerprint density at radius 3 is 2.31 bits per heavy atom. The largest absolute Gasteiger partial charge is 0.486 e. The van der Waals surface area contributed by atoms with Gasteiger partial charge < -0.3 is 14.8 Å². The van der Waals surface area contributed by atoms with E-state index in [1.54, 1.807) is 18.2 Å². The number of carbonyl (C=O) groups excluding carboxylic acids is 1. The van der Waals surface area contributed by atoms with Crippen molar-refractivity contribution in [1.82, 2.24) is 9.97 Å². The predicted molar refractivity (Wildman–Crippen MR) is 99.1 cm³/mol. The minimum Gasteiger partial charge on any atom is -0.486 e. The number of aromatic nitrogens is 2. The monoisotopic (exact) mass is 349 g/mol. The molecule has 1 aromatic heterocycles. The molecule has 6 heteroatoms. The molecule has 6 nitrogen and oxygen atoms in total.